The molecule has 0 radical (unpaired) electrons. The number of carboxylic acid groups (broad SMARTS) is 1. The first-order valence-corrected chi connectivity index (χ1v) is 6.19. The second-order valence-electron chi connectivity index (χ2n) is 3.99. The highest BCUT2D eigenvalue weighted by Crippen LogP contribution is 2.06. The third-order valence-corrected chi connectivity index (χ3v) is 2.52. The standard InChI is InChI=1S/C14H20O5/c1-17-7-8-18-9-10-19-13(14(15)16)11-12-5-3-2-4-6-12/h2-6,13H,7-11H2,1H3,(H,15,16). The molecule has 0 saturated heterocycles. The number of aliphatic carboxylic acids is 1. The maximum atomic E-state index is 11.1. The fourth-order valence-electron chi connectivity index (χ4n) is 1.54. The average Bonchev–Trinajstić information content (AvgIpc) is 2.42. The second kappa shape index (κ2) is 9.49. The highest BCUT2D eigenvalue weighted by atomic mass is 16.6. The van der Waals surface area contributed by atoms with Gasteiger partial charge in [-0.3, -0.25) is 0 Å². The summed E-state index contributed by atoms with van der Waals surface area (Å²) in [4.78, 5) is 11.1. The van der Waals surface area contributed by atoms with Gasteiger partial charge in [0.1, 0.15) is 0 Å². The molecule has 0 aliphatic rings. The molecule has 0 aromatic heterocycles. The summed E-state index contributed by atoms with van der Waals surface area (Å²) in [5.41, 5.74) is 0.940. The molecule has 106 valence electrons. The summed E-state index contributed by atoms with van der Waals surface area (Å²) in [7, 11) is 1.60. The van der Waals surface area contributed by atoms with Crippen molar-refractivity contribution in [2.24, 2.45) is 0 Å². The molecule has 0 heterocycles. The Balaban J connectivity index is 2.27. The number of ether oxygens (including phenoxy) is 3. The molecule has 0 saturated carbocycles. The third-order valence-electron chi connectivity index (χ3n) is 2.52. The summed E-state index contributed by atoms with van der Waals surface area (Å²) in [5, 5.41) is 9.09. The van der Waals surface area contributed by atoms with Crippen molar-refractivity contribution in [2.45, 2.75) is 12.5 Å². The number of methoxy groups -OCH3 is 1. The zero-order chi connectivity index (χ0) is 13.9. The van der Waals surface area contributed by atoms with Crippen molar-refractivity contribution in [3.63, 3.8) is 0 Å². The van der Waals surface area contributed by atoms with E-state index in [-0.39, 0.29) is 6.61 Å². The van der Waals surface area contributed by atoms with Gasteiger partial charge < -0.3 is 19.3 Å². The van der Waals surface area contributed by atoms with Crippen LogP contribution in [0.3, 0.4) is 0 Å². The Hall–Kier alpha value is -1.43. The van der Waals surface area contributed by atoms with Gasteiger partial charge in [-0.2, -0.15) is 0 Å². The number of hydrogen-bond acceptors (Lipinski definition) is 4. The minimum atomic E-state index is -0.958. The molecule has 1 unspecified atom stereocenters. The predicted octanol–water partition coefficient (Wildman–Crippen LogP) is 1.36. The monoisotopic (exact) mass is 268 g/mol. The number of rotatable bonds is 10. The number of carboxylic acids is 1. The van der Waals surface area contributed by atoms with Crippen LogP contribution in [0.15, 0.2) is 30.3 Å². The molecule has 0 spiro atoms. The van der Waals surface area contributed by atoms with Gasteiger partial charge in [-0.25, -0.2) is 4.79 Å². The van der Waals surface area contributed by atoms with E-state index in [0.717, 1.165) is 5.56 Å². The molecular weight excluding hydrogens is 248 g/mol. The van der Waals surface area contributed by atoms with E-state index in [4.69, 9.17) is 19.3 Å². The van der Waals surface area contributed by atoms with Crippen LogP contribution in [-0.2, 0) is 25.4 Å². The summed E-state index contributed by atoms with van der Waals surface area (Å²) >= 11 is 0. The van der Waals surface area contributed by atoms with Gasteiger partial charge in [0.2, 0.25) is 0 Å². The second-order valence-corrected chi connectivity index (χ2v) is 3.99. The summed E-state index contributed by atoms with van der Waals surface area (Å²) in [6.07, 6.45) is -0.484. The summed E-state index contributed by atoms with van der Waals surface area (Å²) in [5.74, 6) is -0.958. The predicted molar refractivity (Wildman–Crippen MR) is 70.2 cm³/mol. The van der Waals surface area contributed by atoms with Crippen molar-refractivity contribution >= 4 is 5.97 Å². The van der Waals surface area contributed by atoms with E-state index < -0.39 is 12.1 Å². The number of benzene rings is 1. The van der Waals surface area contributed by atoms with Crippen molar-refractivity contribution in [3.8, 4) is 0 Å². The Labute approximate surface area is 113 Å². The first kappa shape index (κ1) is 15.6. The Morgan fingerprint density at radius 3 is 2.47 bits per heavy atom. The first-order chi connectivity index (χ1) is 9.24. The highest BCUT2D eigenvalue weighted by molar-refractivity contribution is 5.72. The lowest BCUT2D eigenvalue weighted by Gasteiger charge is -2.13. The SMILES string of the molecule is COCCOCCOC(Cc1ccccc1)C(=O)O. The smallest absolute Gasteiger partial charge is 0.333 e. The molecule has 0 bridgehead atoms. The van der Waals surface area contributed by atoms with Gasteiger partial charge in [0, 0.05) is 13.5 Å². The lowest BCUT2D eigenvalue weighted by molar-refractivity contribution is -0.151. The van der Waals surface area contributed by atoms with E-state index in [1.54, 1.807) is 7.11 Å². The van der Waals surface area contributed by atoms with E-state index in [9.17, 15) is 4.79 Å². The quantitative estimate of drug-likeness (QED) is 0.649. The normalized spacial score (nSPS) is 12.3. The molecule has 0 aliphatic carbocycles. The largest absolute Gasteiger partial charge is 0.479 e. The van der Waals surface area contributed by atoms with E-state index >= 15 is 0 Å². The minimum Gasteiger partial charge on any atom is -0.479 e. The Bertz CT molecular complexity index is 352. The van der Waals surface area contributed by atoms with Gasteiger partial charge in [0.15, 0.2) is 6.10 Å². The van der Waals surface area contributed by atoms with Gasteiger partial charge in [0.05, 0.1) is 26.4 Å². The maximum absolute atomic E-state index is 11.1. The Morgan fingerprint density at radius 2 is 1.84 bits per heavy atom. The minimum absolute atomic E-state index is 0.257. The van der Waals surface area contributed by atoms with Crippen molar-refractivity contribution in [2.75, 3.05) is 33.5 Å². The summed E-state index contributed by atoms with van der Waals surface area (Å²) in [6, 6.07) is 9.41. The van der Waals surface area contributed by atoms with Crippen LogP contribution in [0.4, 0.5) is 0 Å². The van der Waals surface area contributed by atoms with Crippen LogP contribution in [-0.4, -0.2) is 50.7 Å². The van der Waals surface area contributed by atoms with E-state index in [2.05, 4.69) is 0 Å². The molecule has 5 heteroatoms. The van der Waals surface area contributed by atoms with E-state index in [1.165, 1.54) is 0 Å². The van der Waals surface area contributed by atoms with Crippen molar-refractivity contribution in [3.05, 3.63) is 35.9 Å². The van der Waals surface area contributed by atoms with Gasteiger partial charge in [0.25, 0.3) is 0 Å². The van der Waals surface area contributed by atoms with Crippen LogP contribution in [0.25, 0.3) is 0 Å². The zero-order valence-corrected chi connectivity index (χ0v) is 11.1. The molecule has 1 aromatic carbocycles. The van der Waals surface area contributed by atoms with Crippen molar-refractivity contribution < 1.29 is 24.1 Å². The van der Waals surface area contributed by atoms with Gasteiger partial charge in [-0.05, 0) is 5.56 Å². The number of carbonyl (C=O) groups is 1. The summed E-state index contributed by atoms with van der Waals surface area (Å²) in [6.45, 7) is 1.62. The van der Waals surface area contributed by atoms with Crippen LogP contribution in [0.1, 0.15) is 5.56 Å². The van der Waals surface area contributed by atoms with Crippen LogP contribution < -0.4 is 0 Å². The van der Waals surface area contributed by atoms with E-state index in [0.29, 0.717) is 26.2 Å². The maximum Gasteiger partial charge on any atom is 0.333 e. The van der Waals surface area contributed by atoms with Crippen molar-refractivity contribution in [1.29, 1.82) is 0 Å². The molecular formula is C14H20O5. The van der Waals surface area contributed by atoms with Crippen LogP contribution >= 0.6 is 0 Å². The van der Waals surface area contributed by atoms with Gasteiger partial charge in [-0.15, -0.1) is 0 Å². The molecule has 5 nitrogen and oxygen atoms in total. The highest BCUT2D eigenvalue weighted by Gasteiger charge is 2.18. The molecule has 0 fully saturated rings. The lowest BCUT2D eigenvalue weighted by atomic mass is 10.1. The molecule has 1 aromatic rings. The third kappa shape index (κ3) is 6.91. The Morgan fingerprint density at radius 1 is 1.16 bits per heavy atom. The molecule has 19 heavy (non-hydrogen) atoms. The van der Waals surface area contributed by atoms with Gasteiger partial charge in [-0.1, -0.05) is 30.3 Å². The van der Waals surface area contributed by atoms with Gasteiger partial charge >= 0.3 is 5.97 Å². The number of hydrogen-bond donors (Lipinski definition) is 1. The molecule has 0 amide bonds. The fraction of sp³-hybridized carbons (Fsp3) is 0.500. The van der Waals surface area contributed by atoms with E-state index in [1.807, 2.05) is 30.3 Å². The van der Waals surface area contributed by atoms with Crippen molar-refractivity contribution in [1.82, 2.24) is 0 Å². The topological polar surface area (TPSA) is 65.0 Å². The Kier molecular flexibility index (Phi) is 7.81. The first-order valence-electron chi connectivity index (χ1n) is 6.19. The molecule has 1 rings (SSSR count). The fourth-order valence-corrected chi connectivity index (χ4v) is 1.54. The van der Waals surface area contributed by atoms with Crippen LogP contribution in [0.2, 0.25) is 0 Å². The molecule has 1 atom stereocenters. The molecule has 0 aliphatic heterocycles. The molecule has 1 N–H and O–H groups in total. The van der Waals surface area contributed by atoms with Crippen LogP contribution in [0.5, 0.6) is 0 Å². The zero-order valence-electron chi connectivity index (χ0n) is 11.1. The summed E-state index contributed by atoms with van der Waals surface area (Å²) < 4.78 is 15.4. The lowest BCUT2D eigenvalue weighted by Crippen LogP contribution is -2.28. The average molecular weight is 268 g/mol. The van der Waals surface area contributed by atoms with Crippen LogP contribution in [0, 0.1) is 0 Å².